The Labute approximate surface area is 155 Å². The number of nitrogens with zero attached hydrogens (tertiary/aromatic N) is 3. The summed E-state index contributed by atoms with van der Waals surface area (Å²) in [5, 5.41) is 3.13. The monoisotopic (exact) mass is 389 g/mol. The third-order valence-electron chi connectivity index (χ3n) is 3.20. The van der Waals surface area contributed by atoms with Crippen molar-refractivity contribution in [3.63, 3.8) is 0 Å². The molecule has 0 spiro atoms. The normalized spacial score (nSPS) is 12.1. The van der Waals surface area contributed by atoms with E-state index >= 15 is 0 Å². The minimum atomic E-state index is -1.77. The van der Waals surface area contributed by atoms with Gasteiger partial charge in [0.2, 0.25) is 9.74 Å². The third kappa shape index (κ3) is 4.83. The second kappa shape index (κ2) is 7.27. The zero-order chi connectivity index (χ0) is 18.0. The van der Waals surface area contributed by atoms with Gasteiger partial charge in [-0.25, -0.2) is 4.98 Å². The van der Waals surface area contributed by atoms with Gasteiger partial charge in [-0.1, -0.05) is 34.8 Å². The fourth-order valence-electron chi connectivity index (χ4n) is 1.78. The van der Waals surface area contributed by atoms with Gasteiger partial charge in [-0.05, 0) is 38.1 Å². The average molecular weight is 391 g/mol. The number of rotatable bonds is 5. The molecule has 6 nitrogen and oxygen atoms in total. The van der Waals surface area contributed by atoms with E-state index in [0.29, 0.717) is 12.4 Å². The molecule has 9 heteroatoms. The van der Waals surface area contributed by atoms with Crippen LogP contribution < -0.4 is 15.8 Å². The van der Waals surface area contributed by atoms with Crippen molar-refractivity contribution in [1.29, 1.82) is 0 Å². The molecule has 0 aliphatic heterocycles. The molecule has 2 aromatic rings. The number of halogens is 3. The summed E-state index contributed by atoms with van der Waals surface area (Å²) in [7, 11) is 1.59. The Bertz CT molecular complexity index is 701. The van der Waals surface area contributed by atoms with Crippen LogP contribution in [0.25, 0.3) is 11.4 Å². The summed E-state index contributed by atoms with van der Waals surface area (Å²) in [6.07, 6.45) is 0. The van der Waals surface area contributed by atoms with Crippen LogP contribution in [0.3, 0.4) is 0 Å². The van der Waals surface area contributed by atoms with Crippen LogP contribution in [-0.2, 0) is 3.79 Å². The molecule has 0 unspecified atom stereocenters. The maximum atomic E-state index is 5.95. The quantitative estimate of drug-likeness (QED) is 0.760. The first kappa shape index (κ1) is 19.0. The first-order valence-corrected chi connectivity index (χ1v) is 8.24. The highest BCUT2D eigenvalue weighted by atomic mass is 35.6. The molecule has 0 aliphatic rings. The molecule has 0 aliphatic carbocycles. The topological polar surface area (TPSA) is 86.0 Å². The Morgan fingerprint density at radius 2 is 1.71 bits per heavy atom. The Hall–Kier alpha value is -1.34. The smallest absolute Gasteiger partial charge is 0.250 e. The van der Waals surface area contributed by atoms with Gasteiger partial charge in [0.1, 0.15) is 5.75 Å². The molecule has 0 amide bonds. The number of hydrogen-bond acceptors (Lipinski definition) is 6. The van der Waals surface area contributed by atoms with Crippen LogP contribution in [0.15, 0.2) is 24.3 Å². The highest BCUT2D eigenvalue weighted by molar-refractivity contribution is 6.66. The second-order valence-electron chi connectivity index (χ2n) is 5.75. The molecule has 24 heavy (non-hydrogen) atoms. The van der Waals surface area contributed by atoms with Crippen molar-refractivity contribution in [2.75, 3.05) is 19.0 Å². The van der Waals surface area contributed by atoms with E-state index in [1.807, 2.05) is 26.0 Å². The number of hydrogen-bond donors (Lipinski definition) is 2. The molecule has 0 bridgehead atoms. The summed E-state index contributed by atoms with van der Waals surface area (Å²) in [6.45, 7) is 4.21. The van der Waals surface area contributed by atoms with E-state index in [2.05, 4.69) is 20.3 Å². The minimum absolute atomic E-state index is 0.0311. The van der Waals surface area contributed by atoms with Crippen LogP contribution >= 0.6 is 34.8 Å². The summed E-state index contributed by atoms with van der Waals surface area (Å²) < 4.78 is 3.37. The van der Waals surface area contributed by atoms with Crippen LogP contribution in [0.4, 0.5) is 5.95 Å². The highest BCUT2D eigenvalue weighted by Crippen LogP contribution is 2.37. The lowest BCUT2D eigenvalue weighted by Crippen LogP contribution is -2.40. The van der Waals surface area contributed by atoms with E-state index in [1.165, 1.54) is 0 Å². The predicted molar refractivity (Wildman–Crippen MR) is 97.8 cm³/mol. The lowest BCUT2D eigenvalue weighted by molar-refractivity contribution is 0.415. The molecule has 3 N–H and O–H groups in total. The fraction of sp³-hybridized carbons (Fsp3) is 0.400. The standard InChI is InChI=1S/C15H18Cl3N5O/c1-14(2,8-19)23-13-21-11(20-12(22-13)15(16,17)18)9-4-6-10(24-3)7-5-9/h4-7H,8,19H2,1-3H3,(H,20,21,22,23). The van der Waals surface area contributed by atoms with Crippen molar-refractivity contribution < 1.29 is 4.74 Å². The maximum Gasteiger partial charge on any atom is 0.250 e. The Kier molecular flexibility index (Phi) is 5.75. The molecule has 0 atom stereocenters. The van der Waals surface area contributed by atoms with Gasteiger partial charge in [0.05, 0.1) is 7.11 Å². The number of benzene rings is 1. The van der Waals surface area contributed by atoms with Crippen LogP contribution in [0.5, 0.6) is 5.75 Å². The molecule has 1 aromatic carbocycles. The summed E-state index contributed by atoms with van der Waals surface area (Å²) in [5.41, 5.74) is 6.04. The van der Waals surface area contributed by atoms with E-state index in [0.717, 1.165) is 11.3 Å². The number of anilines is 1. The predicted octanol–water partition coefficient (Wildman–Crippen LogP) is 3.52. The van der Waals surface area contributed by atoms with Gasteiger partial charge in [-0.2, -0.15) is 9.97 Å². The Morgan fingerprint density at radius 1 is 1.08 bits per heavy atom. The molecule has 2 rings (SSSR count). The Morgan fingerprint density at radius 3 is 2.21 bits per heavy atom. The molecule has 1 aromatic heterocycles. The van der Waals surface area contributed by atoms with Crippen molar-refractivity contribution in [3.05, 3.63) is 30.1 Å². The first-order chi connectivity index (χ1) is 11.1. The van der Waals surface area contributed by atoms with Gasteiger partial charge in [0, 0.05) is 17.6 Å². The van der Waals surface area contributed by atoms with Gasteiger partial charge < -0.3 is 15.8 Å². The van der Waals surface area contributed by atoms with Crippen LogP contribution in [0.2, 0.25) is 0 Å². The molecule has 0 saturated heterocycles. The van der Waals surface area contributed by atoms with E-state index in [1.54, 1.807) is 19.2 Å². The van der Waals surface area contributed by atoms with Crippen molar-refractivity contribution in [1.82, 2.24) is 15.0 Å². The van der Waals surface area contributed by atoms with Gasteiger partial charge in [-0.3, -0.25) is 0 Å². The summed E-state index contributed by atoms with van der Waals surface area (Å²) in [4.78, 5) is 12.8. The van der Waals surface area contributed by atoms with E-state index in [-0.39, 0.29) is 11.8 Å². The molecule has 1 heterocycles. The van der Waals surface area contributed by atoms with Gasteiger partial charge in [0.25, 0.3) is 0 Å². The molecular weight excluding hydrogens is 373 g/mol. The van der Waals surface area contributed by atoms with Gasteiger partial charge in [0.15, 0.2) is 11.6 Å². The van der Waals surface area contributed by atoms with Crippen LogP contribution in [0.1, 0.15) is 19.7 Å². The molecular formula is C15H18Cl3N5O. The van der Waals surface area contributed by atoms with Gasteiger partial charge >= 0.3 is 0 Å². The molecule has 0 radical (unpaired) electrons. The van der Waals surface area contributed by atoms with Crippen molar-refractivity contribution in [3.8, 4) is 17.1 Å². The van der Waals surface area contributed by atoms with Crippen molar-refractivity contribution in [2.24, 2.45) is 5.73 Å². The summed E-state index contributed by atoms with van der Waals surface area (Å²) in [6, 6.07) is 7.22. The van der Waals surface area contributed by atoms with E-state index in [4.69, 9.17) is 45.3 Å². The zero-order valence-electron chi connectivity index (χ0n) is 13.5. The lowest BCUT2D eigenvalue weighted by atomic mass is 10.1. The number of aromatic nitrogens is 3. The molecule has 130 valence electrons. The summed E-state index contributed by atoms with van der Waals surface area (Å²) >= 11 is 17.8. The van der Waals surface area contributed by atoms with Crippen molar-refractivity contribution >= 4 is 40.8 Å². The second-order valence-corrected chi connectivity index (χ2v) is 8.03. The zero-order valence-corrected chi connectivity index (χ0v) is 15.7. The van der Waals surface area contributed by atoms with Crippen LogP contribution in [-0.4, -0.2) is 34.1 Å². The van der Waals surface area contributed by atoms with Crippen molar-refractivity contribution in [2.45, 2.75) is 23.2 Å². The maximum absolute atomic E-state index is 5.95. The largest absolute Gasteiger partial charge is 0.497 e. The van der Waals surface area contributed by atoms with Gasteiger partial charge in [-0.15, -0.1) is 0 Å². The minimum Gasteiger partial charge on any atom is -0.497 e. The van der Waals surface area contributed by atoms with E-state index < -0.39 is 9.33 Å². The first-order valence-electron chi connectivity index (χ1n) is 7.10. The number of nitrogens with one attached hydrogen (secondary N) is 1. The Balaban J connectivity index is 2.49. The summed E-state index contributed by atoms with van der Waals surface area (Å²) in [5.74, 6) is 1.41. The molecule has 0 saturated carbocycles. The average Bonchev–Trinajstić information content (AvgIpc) is 2.53. The lowest BCUT2D eigenvalue weighted by Gasteiger charge is -2.24. The van der Waals surface area contributed by atoms with Crippen LogP contribution in [0, 0.1) is 0 Å². The fourth-order valence-corrected chi connectivity index (χ4v) is 2.04. The highest BCUT2D eigenvalue weighted by Gasteiger charge is 2.29. The number of alkyl halides is 3. The molecule has 0 fully saturated rings. The number of nitrogens with two attached hydrogens (primary N) is 1. The van der Waals surface area contributed by atoms with E-state index in [9.17, 15) is 0 Å². The number of ether oxygens (including phenoxy) is 1. The SMILES string of the molecule is COc1ccc(-c2nc(NC(C)(C)CN)nc(C(Cl)(Cl)Cl)n2)cc1. The third-order valence-corrected chi connectivity index (χ3v) is 3.70. The number of methoxy groups -OCH3 is 1.